The fourth-order valence-electron chi connectivity index (χ4n) is 2.88. The summed E-state index contributed by atoms with van der Waals surface area (Å²) >= 11 is 0. The van der Waals surface area contributed by atoms with E-state index in [4.69, 9.17) is 14.2 Å². The number of rotatable bonds is 2. The monoisotopic (exact) mass is 307 g/mol. The van der Waals surface area contributed by atoms with Gasteiger partial charge in [0.2, 0.25) is 0 Å². The molecular weight excluding hydrogens is 286 g/mol. The Morgan fingerprint density at radius 1 is 1.41 bits per heavy atom. The van der Waals surface area contributed by atoms with Crippen molar-refractivity contribution in [3.63, 3.8) is 0 Å². The Bertz CT molecular complexity index is 533. The lowest BCUT2D eigenvalue weighted by Gasteiger charge is -2.40. The zero-order valence-corrected chi connectivity index (χ0v) is 12.8. The molecule has 0 spiro atoms. The van der Waals surface area contributed by atoms with Gasteiger partial charge in [-0.1, -0.05) is 30.3 Å². The maximum Gasteiger partial charge on any atom is 0.410 e. The first kappa shape index (κ1) is 15.3. The summed E-state index contributed by atoms with van der Waals surface area (Å²) in [6.45, 7) is 4.33. The molecule has 0 bridgehead atoms. The minimum atomic E-state index is -0.744. The van der Waals surface area contributed by atoms with Gasteiger partial charge in [-0.05, 0) is 19.4 Å². The number of likely N-dealkylation sites (tertiary alicyclic amines) is 1. The van der Waals surface area contributed by atoms with E-state index in [1.807, 2.05) is 30.3 Å². The van der Waals surface area contributed by atoms with Crippen LogP contribution in [0.2, 0.25) is 0 Å². The third-order valence-corrected chi connectivity index (χ3v) is 4.00. The number of carbonyl (C=O) groups excluding carboxylic acids is 1. The number of ether oxygens (including phenoxy) is 3. The topological polar surface area (TPSA) is 68.2 Å². The molecule has 1 amide bonds. The van der Waals surface area contributed by atoms with E-state index in [0.717, 1.165) is 5.56 Å². The van der Waals surface area contributed by atoms with Gasteiger partial charge >= 0.3 is 6.09 Å². The third kappa shape index (κ3) is 3.09. The molecule has 0 aliphatic carbocycles. The Morgan fingerprint density at radius 2 is 2.14 bits per heavy atom. The van der Waals surface area contributed by atoms with E-state index in [9.17, 15) is 9.90 Å². The van der Waals surface area contributed by atoms with E-state index >= 15 is 0 Å². The highest BCUT2D eigenvalue weighted by atomic mass is 16.7. The molecular formula is C16H21NO5. The largest absolute Gasteiger partial charge is 0.445 e. The van der Waals surface area contributed by atoms with Crippen molar-refractivity contribution in [2.45, 2.75) is 44.5 Å². The van der Waals surface area contributed by atoms with Gasteiger partial charge in [0, 0.05) is 0 Å². The average Bonchev–Trinajstić information content (AvgIpc) is 2.81. The number of benzene rings is 1. The zero-order chi connectivity index (χ0) is 15.7. The molecule has 0 radical (unpaired) electrons. The van der Waals surface area contributed by atoms with Crippen molar-refractivity contribution in [2.75, 3.05) is 13.2 Å². The predicted octanol–water partition coefficient (Wildman–Crippen LogP) is 1.52. The van der Waals surface area contributed by atoms with Gasteiger partial charge in [-0.25, -0.2) is 4.79 Å². The van der Waals surface area contributed by atoms with Gasteiger partial charge in [-0.2, -0.15) is 0 Å². The SMILES string of the molecule is CC1(C)OC[C@H]2[C@@H](O1)[C@@H](O)CN2C(=O)OCc1ccccc1. The summed E-state index contributed by atoms with van der Waals surface area (Å²) in [5.41, 5.74) is 0.921. The molecule has 0 aromatic heterocycles. The lowest BCUT2D eigenvalue weighted by molar-refractivity contribution is -0.290. The number of hydrogen-bond acceptors (Lipinski definition) is 5. The van der Waals surface area contributed by atoms with Crippen LogP contribution in [0.1, 0.15) is 19.4 Å². The van der Waals surface area contributed by atoms with Gasteiger partial charge in [0.25, 0.3) is 0 Å². The summed E-state index contributed by atoms with van der Waals surface area (Å²) in [6, 6.07) is 9.17. The Labute approximate surface area is 129 Å². The zero-order valence-electron chi connectivity index (χ0n) is 12.8. The molecule has 6 heteroatoms. The van der Waals surface area contributed by atoms with Crippen molar-refractivity contribution in [2.24, 2.45) is 0 Å². The second-order valence-corrected chi connectivity index (χ2v) is 6.12. The van der Waals surface area contributed by atoms with Crippen LogP contribution in [0.15, 0.2) is 30.3 Å². The molecule has 1 aromatic carbocycles. The summed E-state index contributed by atoms with van der Waals surface area (Å²) in [5.74, 6) is -0.744. The number of aliphatic hydroxyl groups excluding tert-OH is 1. The van der Waals surface area contributed by atoms with Crippen molar-refractivity contribution < 1.29 is 24.1 Å². The fourth-order valence-corrected chi connectivity index (χ4v) is 2.88. The van der Waals surface area contributed by atoms with E-state index in [-0.39, 0.29) is 19.2 Å². The van der Waals surface area contributed by atoms with Crippen molar-refractivity contribution in [1.29, 1.82) is 0 Å². The normalized spacial score (nSPS) is 30.0. The first-order chi connectivity index (χ1) is 10.5. The van der Waals surface area contributed by atoms with Crippen LogP contribution in [-0.2, 0) is 20.8 Å². The highest BCUT2D eigenvalue weighted by Crippen LogP contribution is 2.32. The quantitative estimate of drug-likeness (QED) is 0.897. The average molecular weight is 307 g/mol. The number of amides is 1. The van der Waals surface area contributed by atoms with Crippen LogP contribution in [-0.4, -0.2) is 53.3 Å². The minimum Gasteiger partial charge on any atom is -0.445 e. The van der Waals surface area contributed by atoms with Gasteiger partial charge in [0.05, 0.1) is 19.2 Å². The number of carbonyl (C=O) groups is 1. The lowest BCUT2D eigenvalue weighted by Crippen LogP contribution is -2.53. The molecule has 2 saturated heterocycles. The van der Waals surface area contributed by atoms with Crippen LogP contribution in [0, 0.1) is 0 Å². The smallest absolute Gasteiger partial charge is 0.410 e. The summed E-state index contributed by atoms with van der Waals surface area (Å²) in [6.07, 6.45) is -1.62. The van der Waals surface area contributed by atoms with E-state index < -0.39 is 24.1 Å². The summed E-state index contributed by atoms with van der Waals surface area (Å²) in [5, 5.41) is 10.1. The molecule has 2 aliphatic heterocycles. The number of hydrogen-bond donors (Lipinski definition) is 1. The molecule has 1 N–H and O–H groups in total. The first-order valence-electron chi connectivity index (χ1n) is 7.43. The number of fused-ring (bicyclic) bond motifs is 1. The first-order valence-corrected chi connectivity index (χ1v) is 7.43. The lowest BCUT2D eigenvalue weighted by atomic mass is 10.1. The van der Waals surface area contributed by atoms with E-state index in [2.05, 4.69) is 0 Å². The van der Waals surface area contributed by atoms with Crippen LogP contribution in [0.5, 0.6) is 0 Å². The van der Waals surface area contributed by atoms with Crippen LogP contribution < -0.4 is 0 Å². The third-order valence-electron chi connectivity index (χ3n) is 4.00. The van der Waals surface area contributed by atoms with Crippen LogP contribution in [0.4, 0.5) is 4.79 Å². The summed E-state index contributed by atoms with van der Waals surface area (Å²) in [7, 11) is 0. The molecule has 1 aromatic rings. The standard InChI is InChI=1S/C16H21NO5/c1-16(2)21-10-12-14(22-16)13(18)8-17(12)15(19)20-9-11-6-4-3-5-7-11/h3-7,12-14,18H,8-10H2,1-2H3/t12-,13-,14+/m0/s1. The molecule has 3 rings (SSSR count). The molecule has 22 heavy (non-hydrogen) atoms. The van der Waals surface area contributed by atoms with Crippen molar-refractivity contribution in [3.05, 3.63) is 35.9 Å². The van der Waals surface area contributed by atoms with Crippen molar-refractivity contribution in [1.82, 2.24) is 4.90 Å². The maximum atomic E-state index is 12.3. The Morgan fingerprint density at radius 3 is 2.86 bits per heavy atom. The maximum absolute atomic E-state index is 12.3. The van der Waals surface area contributed by atoms with E-state index in [0.29, 0.717) is 6.61 Å². The molecule has 2 aliphatic rings. The number of aliphatic hydroxyl groups is 1. The highest BCUT2D eigenvalue weighted by Gasteiger charge is 2.50. The molecule has 2 fully saturated rings. The predicted molar refractivity (Wildman–Crippen MR) is 78.0 cm³/mol. The van der Waals surface area contributed by atoms with Gasteiger partial charge in [0.15, 0.2) is 5.79 Å². The number of β-amino-alcohol motifs (C(OH)–C–C–N with tert-alkyl or cyclic N) is 1. The van der Waals surface area contributed by atoms with Crippen molar-refractivity contribution in [3.8, 4) is 0 Å². The molecule has 3 atom stereocenters. The second-order valence-electron chi connectivity index (χ2n) is 6.12. The van der Waals surface area contributed by atoms with E-state index in [1.165, 1.54) is 4.90 Å². The Hall–Kier alpha value is -1.63. The molecule has 120 valence electrons. The Kier molecular flexibility index (Phi) is 4.08. The van der Waals surface area contributed by atoms with Crippen LogP contribution >= 0.6 is 0 Å². The fraction of sp³-hybridized carbons (Fsp3) is 0.562. The summed E-state index contributed by atoms with van der Waals surface area (Å²) < 4.78 is 16.6. The van der Waals surface area contributed by atoms with Crippen LogP contribution in [0.3, 0.4) is 0 Å². The molecule has 2 heterocycles. The van der Waals surface area contributed by atoms with Crippen molar-refractivity contribution >= 4 is 6.09 Å². The number of nitrogens with zero attached hydrogens (tertiary/aromatic N) is 1. The summed E-state index contributed by atoms with van der Waals surface area (Å²) in [4.78, 5) is 13.8. The highest BCUT2D eigenvalue weighted by molar-refractivity contribution is 5.69. The van der Waals surface area contributed by atoms with Crippen LogP contribution in [0.25, 0.3) is 0 Å². The van der Waals surface area contributed by atoms with Gasteiger partial charge < -0.3 is 19.3 Å². The van der Waals surface area contributed by atoms with Gasteiger partial charge in [-0.3, -0.25) is 4.90 Å². The Balaban J connectivity index is 1.61. The molecule has 6 nitrogen and oxygen atoms in total. The minimum absolute atomic E-state index is 0.197. The van der Waals surface area contributed by atoms with Gasteiger partial charge in [-0.15, -0.1) is 0 Å². The second kappa shape index (κ2) is 5.87. The van der Waals surface area contributed by atoms with E-state index in [1.54, 1.807) is 13.8 Å². The van der Waals surface area contributed by atoms with Gasteiger partial charge in [0.1, 0.15) is 18.8 Å². The molecule has 0 saturated carbocycles. The molecule has 0 unspecified atom stereocenters.